The number of fused-ring (bicyclic) bond motifs is 1. The van der Waals surface area contributed by atoms with Crippen LogP contribution in [0.3, 0.4) is 0 Å². The van der Waals surface area contributed by atoms with Gasteiger partial charge in [-0.3, -0.25) is 4.79 Å². The fourth-order valence-electron chi connectivity index (χ4n) is 1.89. The highest BCUT2D eigenvalue weighted by atomic mass is 35.5. The van der Waals surface area contributed by atoms with Crippen molar-refractivity contribution in [3.63, 3.8) is 0 Å². The van der Waals surface area contributed by atoms with Crippen molar-refractivity contribution in [1.29, 1.82) is 0 Å². The van der Waals surface area contributed by atoms with Gasteiger partial charge in [0.1, 0.15) is 5.52 Å². The van der Waals surface area contributed by atoms with Crippen LogP contribution >= 0.6 is 22.9 Å². The van der Waals surface area contributed by atoms with Gasteiger partial charge in [-0.25, -0.2) is 4.98 Å². The maximum atomic E-state index is 12.2. The van der Waals surface area contributed by atoms with Gasteiger partial charge < -0.3 is 11.1 Å². The molecule has 0 radical (unpaired) electrons. The number of rotatable bonds is 2. The first-order valence-corrected chi connectivity index (χ1v) is 7.09. The fraction of sp³-hybridized carbons (Fsp3) is 0. The van der Waals surface area contributed by atoms with Crippen LogP contribution in [0.2, 0.25) is 5.02 Å². The van der Waals surface area contributed by atoms with Crippen LogP contribution < -0.4 is 11.1 Å². The lowest BCUT2D eigenvalue weighted by Crippen LogP contribution is -2.12. The first-order chi connectivity index (χ1) is 9.65. The Kier molecular flexibility index (Phi) is 3.30. The SMILES string of the molecule is Nc1cccc(C(=O)Nc2c(Cl)ccc3scnc23)c1. The van der Waals surface area contributed by atoms with Crippen molar-refractivity contribution >= 4 is 50.4 Å². The van der Waals surface area contributed by atoms with E-state index >= 15 is 0 Å². The molecule has 0 unspecified atom stereocenters. The van der Waals surface area contributed by atoms with Gasteiger partial charge in [-0.05, 0) is 30.3 Å². The van der Waals surface area contributed by atoms with Gasteiger partial charge >= 0.3 is 0 Å². The number of carbonyl (C=O) groups excluding carboxylic acids is 1. The van der Waals surface area contributed by atoms with E-state index in [9.17, 15) is 4.79 Å². The number of aromatic nitrogens is 1. The Bertz CT molecular complexity index is 800. The highest BCUT2D eigenvalue weighted by Crippen LogP contribution is 2.32. The van der Waals surface area contributed by atoms with Crippen molar-refractivity contribution in [3.05, 3.63) is 52.5 Å². The van der Waals surface area contributed by atoms with Crippen LogP contribution in [0.15, 0.2) is 41.9 Å². The standard InChI is InChI=1S/C14H10ClN3OS/c15-10-4-5-11-13(17-7-20-11)12(10)18-14(19)8-2-1-3-9(16)6-8/h1-7H,16H2,(H,18,19). The van der Waals surface area contributed by atoms with Gasteiger partial charge in [0.05, 0.1) is 20.9 Å². The summed E-state index contributed by atoms with van der Waals surface area (Å²) in [6.45, 7) is 0. The lowest BCUT2D eigenvalue weighted by Gasteiger charge is -2.08. The number of halogens is 1. The molecule has 0 spiro atoms. The Morgan fingerprint density at radius 1 is 1.30 bits per heavy atom. The van der Waals surface area contributed by atoms with Crippen LogP contribution in [0, 0.1) is 0 Å². The average Bonchev–Trinajstić information content (AvgIpc) is 2.90. The molecule has 3 N–H and O–H groups in total. The molecule has 6 heteroatoms. The minimum atomic E-state index is -0.264. The summed E-state index contributed by atoms with van der Waals surface area (Å²) in [6, 6.07) is 10.4. The van der Waals surface area contributed by atoms with E-state index in [1.54, 1.807) is 35.8 Å². The van der Waals surface area contributed by atoms with E-state index in [1.165, 1.54) is 11.3 Å². The third-order valence-corrected chi connectivity index (χ3v) is 3.95. The Morgan fingerprint density at radius 2 is 2.15 bits per heavy atom. The largest absolute Gasteiger partial charge is 0.399 e. The van der Waals surface area contributed by atoms with Crippen molar-refractivity contribution in [3.8, 4) is 0 Å². The minimum Gasteiger partial charge on any atom is -0.399 e. The summed E-state index contributed by atoms with van der Waals surface area (Å²) in [6.07, 6.45) is 0. The number of amides is 1. The van der Waals surface area contributed by atoms with Gasteiger partial charge in [-0.15, -0.1) is 11.3 Å². The summed E-state index contributed by atoms with van der Waals surface area (Å²) in [4.78, 5) is 16.5. The second-order valence-electron chi connectivity index (χ2n) is 4.20. The molecule has 0 bridgehead atoms. The number of nitrogens with zero attached hydrogens (tertiary/aromatic N) is 1. The van der Waals surface area contributed by atoms with Crippen molar-refractivity contribution in [2.24, 2.45) is 0 Å². The van der Waals surface area contributed by atoms with Crippen LogP contribution in [0.1, 0.15) is 10.4 Å². The van der Waals surface area contributed by atoms with E-state index in [1.807, 2.05) is 6.07 Å². The molecule has 0 fully saturated rings. The third-order valence-electron chi connectivity index (χ3n) is 2.84. The number of hydrogen-bond acceptors (Lipinski definition) is 4. The molecule has 100 valence electrons. The van der Waals surface area contributed by atoms with Crippen LogP contribution in [0.5, 0.6) is 0 Å². The van der Waals surface area contributed by atoms with Crippen molar-refractivity contribution in [1.82, 2.24) is 4.98 Å². The van der Waals surface area contributed by atoms with E-state index in [4.69, 9.17) is 17.3 Å². The van der Waals surface area contributed by atoms with Gasteiger partial charge in [0.15, 0.2) is 0 Å². The summed E-state index contributed by atoms with van der Waals surface area (Å²) in [5, 5.41) is 3.26. The normalized spacial score (nSPS) is 10.7. The first-order valence-electron chi connectivity index (χ1n) is 5.84. The number of carbonyl (C=O) groups is 1. The molecule has 0 saturated heterocycles. The highest BCUT2D eigenvalue weighted by Gasteiger charge is 2.13. The van der Waals surface area contributed by atoms with E-state index in [-0.39, 0.29) is 5.91 Å². The monoisotopic (exact) mass is 303 g/mol. The maximum Gasteiger partial charge on any atom is 0.255 e. The highest BCUT2D eigenvalue weighted by molar-refractivity contribution is 7.16. The third kappa shape index (κ3) is 2.33. The molecule has 4 nitrogen and oxygen atoms in total. The van der Waals surface area contributed by atoms with Gasteiger partial charge in [0.2, 0.25) is 0 Å². The van der Waals surface area contributed by atoms with Crippen LogP contribution in [-0.4, -0.2) is 10.9 Å². The molecule has 3 rings (SSSR count). The topological polar surface area (TPSA) is 68.0 Å². The molecule has 1 heterocycles. The van der Waals surface area contributed by atoms with Crippen LogP contribution in [0.4, 0.5) is 11.4 Å². The number of nitrogens with one attached hydrogen (secondary N) is 1. The van der Waals surface area contributed by atoms with Gasteiger partial charge in [0.25, 0.3) is 5.91 Å². The molecular formula is C14H10ClN3OS. The van der Waals surface area contributed by atoms with Crippen LogP contribution in [0.25, 0.3) is 10.2 Å². The van der Waals surface area contributed by atoms with E-state index in [0.29, 0.717) is 27.5 Å². The number of nitrogens with two attached hydrogens (primary N) is 1. The molecule has 0 atom stereocenters. The zero-order valence-electron chi connectivity index (χ0n) is 10.3. The number of benzene rings is 2. The van der Waals surface area contributed by atoms with Gasteiger partial charge in [0, 0.05) is 11.3 Å². The van der Waals surface area contributed by atoms with Gasteiger partial charge in [-0.1, -0.05) is 17.7 Å². The van der Waals surface area contributed by atoms with Crippen molar-refractivity contribution < 1.29 is 4.79 Å². The Hall–Kier alpha value is -2.11. The summed E-state index contributed by atoms with van der Waals surface area (Å²) in [5.41, 5.74) is 9.63. The predicted octanol–water partition coefficient (Wildman–Crippen LogP) is 3.78. The van der Waals surface area contributed by atoms with E-state index < -0.39 is 0 Å². The fourth-order valence-corrected chi connectivity index (χ4v) is 2.78. The van der Waals surface area contributed by atoms with Crippen LogP contribution in [-0.2, 0) is 0 Å². The predicted molar refractivity (Wildman–Crippen MR) is 83.4 cm³/mol. The number of hydrogen-bond donors (Lipinski definition) is 2. The molecule has 1 amide bonds. The number of anilines is 2. The van der Waals surface area contributed by atoms with Gasteiger partial charge in [-0.2, -0.15) is 0 Å². The zero-order chi connectivity index (χ0) is 14.1. The number of thiazole rings is 1. The molecule has 0 aliphatic rings. The Labute approximate surface area is 124 Å². The summed E-state index contributed by atoms with van der Waals surface area (Å²) in [7, 11) is 0. The molecule has 2 aromatic carbocycles. The lowest BCUT2D eigenvalue weighted by atomic mass is 10.2. The smallest absolute Gasteiger partial charge is 0.255 e. The average molecular weight is 304 g/mol. The summed E-state index contributed by atoms with van der Waals surface area (Å²) < 4.78 is 0.970. The molecule has 0 saturated carbocycles. The molecule has 0 aliphatic carbocycles. The maximum absolute atomic E-state index is 12.2. The first kappa shape index (κ1) is 12.9. The molecule has 3 aromatic rings. The lowest BCUT2D eigenvalue weighted by molar-refractivity contribution is 0.102. The van der Waals surface area contributed by atoms with Crippen molar-refractivity contribution in [2.75, 3.05) is 11.1 Å². The Balaban J connectivity index is 1.99. The molecular weight excluding hydrogens is 294 g/mol. The second-order valence-corrected chi connectivity index (χ2v) is 5.49. The minimum absolute atomic E-state index is 0.264. The van der Waals surface area contributed by atoms with E-state index in [2.05, 4.69) is 10.3 Å². The quantitative estimate of drug-likeness (QED) is 0.708. The molecule has 1 aromatic heterocycles. The zero-order valence-corrected chi connectivity index (χ0v) is 11.8. The Morgan fingerprint density at radius 3 is 2.95 bits per heavy atom. The molecule has 20 heavy (non-hydrogen) atoms. The summed E-state index contributed by atoms with van der Waals surface area (Å²) >= 11 is 7.64. The van der Waals surface area contributed by atoms with E-state index in [0.717, 1.165) is 4.70 Å². The second kappa shape index (κ2) is 5.11. The van der Waals surface area contributed by atoms with Crippen molar-refractivity contribution in [2.45, 2.75) is 0 Å². The number of nitrogen functional groups attached to an aromatic ring is 1. The molecule has 0 aliphatic heterocycles. The summed E-state index contributed by atoms with van der Waals surface area (Å²) in [5.74, 6) is -0.264.